The minimum Gasteiger partial charge on any atom is -0.461 e. The van der Waals surface area contributed by atoms with Crippen molar-refractivity contribution in [2.24, 2.45) is 5.92 Å². The van der Waals surface area contributed by atoms with E-state index in [0.717, 1.165) is 71.0 Å². The van der Waals surface area contributed by atoms with Crippen molar-refractivity contribution in [1.82, 2.24) is 9.80 Å². The Morgan fingerprint density at radius 3 is 1.49 bits per heavy atom. The molecule has 0 unspecified atom stereocenters. The van der Waals surface area contributed by atoms with Gasteiger partial charge in [0.05, 0.1) is 0 Å². The van der Waals surface area contributed by atoms with Crippen LogP contribution in [0.3, 0.4) is 0 Å². The predicted octanol–water partition coefficient (Wildman–Crippen LogP) is 9.14. The SMILES string of the molecule is CCCCCC/C=C/COC(=O)CCCCCC(CCCCCC(=O)OC/C=C/CCCCCC)CN(C)CCN(C)C. The summed E-state index contributed by atoms with van der Waals surface area (Å²) in [6.45, 7) is 8.50. The first kappa shape index (κ1) is 41.3. The molecule has 0 aromatic rings. The van der Waals surface area contributed by atoms with E-state index in [9.17, 15) is 9.59 Å². The van der Waals surface area contributed by atoms with Crippen molar-refractivity contribution in [3.63, 3.8) is 0 Å². The Balaban J connectivity index is 4.16. The van der Waals surface area contributed by atoms with E-state index in [2.05, 4.69) is 56.9 Å². The molecule has 0 atom stereocenters. The average molecular weight is 607 g/mol. The number of nitrogens with zero attached hydrogens (tertiary/aromatic N) is 2. The molecule has 0 N–H and O–H groups in total. The van der Waals surface area contributed by atoms with Gasteiger partial charge in [0.2, 0.25) is 0 Å². The van der Waals surface area contributed by atoms with Gasteiger partial charge in [0.15, 0.2) is 0 Å². The Morgan fingerprint density at radius 1 is 0.581 bits per heavy atom. The van der Waals surface area contributed by atoms with Gasteiger partial charge in [-0.1, -0.05) is 102 Å². The van der Waals surface area contributed by atoms with Gasteiger partial charge in [0, 0.05) is 32.5 Å². The summed E-state index contributed by atoms with van der Waals surface area (Å²) >= 11 is 0. The number of likely N-dealkylation sites (N-methyl/N-ethyl adjacent to an activating group) is 2. The van der Waals surface area contributed by atoms with Gasteiger partial charge in [-0.3, -0.25) is 9.59 Å². The summed E-state index contributed by atoms with van der Waals surface area (Å²) in [4.78, 5) is 28.8. The Morgan fingerprint density at radius 2 is 1.05 bits per heavy atom. The Bertz CT molecular complexity index is 644. The van der Waals surface area contributed by atoms with Crippen molar-refractivity contribution >= 4 is 11.9 Å². The van der Waals surface area contributed by atoms with Crippen molar-refractivity contribution in [3.05, 3.63) is 24.3 Å². The number of rotatable bonds is 31. The van der Waals surface area contributed by atoms with Crippen molar-refractivity contribution in [3.8, 4) is 0 Å². The molecule has 0 amide bonds. The molecule has 6 nitrogen and oxygen atoms in total. The van der Waals surface area contributed by atoms with E-state index in [0.29, 0.717) is 32.0 Å². The zero-order valence-electron chi connectivity index (χ0n) is 29.1. The van der Waals surface area contributed by atoms with Gasteiger partial charge in [-0.25, -0.2) is 0 Å². The highest BCUT2D eigenvalue weighted by Gasteiger charge is 2.13. The average Bonchev–Trinajstić information content (AvgIpc) is 2.98. The van der Waals surface area contributed by atoms with Crippen LogP contribution in [0.1, 0.15) is 142 Å². The number of hydrogen-bond acceptors (Lipinski definition) is 6. The summed E-state index contributed by atoms with van der Waals surface area (Å²) < 4.78 is 10.7. The standard InChI is InChI=1S/C37H70N2O4/c1-6-8-10-12-14-16-24-32-42-36(40)28-22-18-20-26-35(34-39(5)31-30-38(3)4)27-21-19-23-29-37(41)43-33-25-17-15-13-11-9-7-2/h16-17,24-25,35H,6-15,18-23,26-34H2,1-5H3/b24-16+,25-17+. The van der Waals surface area contributed by atoms with E-state index in [1.165, 1.54) is 64.2 Å². The van der Waals surface area contributed by atoms with Crippen LogP contribution in [-0.2, 0) is 19.1 Å². The van der Waals surface area contributed by atoms with Crippen molar-refractivity contribution in [1.29, 1.82) is 0 Å². The maximum atomic E-state index is 12.1. The number of esters is 2. The normalized spacial score (nSPS) is 12.0. The molecule has 0 heterocycles. The van der Waals surface area contributed by atoms with Crippen LogP contribution in [0.5, 0.6) is 0 Å². The summed E-state index contributed by atoms with van der Waals surface area (Å²) in [6, 6.07) is 0. The minimum absolute atomic E-state index is 0.0763. The first-order valence-electron chi connectivity index (χ1n) is 17.8. The molecule has 0 aliphatic carbocycles. The monoisotopic (exact) mass is 607 g/mol. The summed E-state index contributed by atoms with van der Waals surface area (Å²) in [5.41, 5.74) is 0. The van der Waals surface area contributed by atoms with Crippen LogP contribution < -0.4 is 0 Å². The molecule has 0 fully saturated rings. The largest absolute Gasteiger partial charge is 0.461 e. The summed E-state index contributed by atoms with van der Waals surface area (Å²) in [6.07, 6.45) is 30.2. The molecule has 0 aromatic heterocycles. The van der Waals surface area contributed by atoms with Crippen LogP contribution in [0, 0.1) is 5.92 Å². The lowest BCUT2D eigenvalue weighted by Crippen LogP contribution is -2.32. The molecule has 43 heavy (non-hydrogen) atoms. The van der Waals surface area contributed by atoms with E-state index >= 15 is 0 Å². The van der Waals surface area contributed by atoms with E-state index in [4.69, 9.17) is 9.47 Å². The third kappa shape index (κ3) is 31.6. The molecule has 0 bridgehead atoms. The third-order valence-electron chi connectivity index (χ3n) is 7.95. The van der Waals surface area contributed by atoms with Crippen LogP contribution >= 0.6 is 0 Å². The summed E-state index contributed by atoms with van der Waals surface area (Å²) in [7, 11) is 6.47. The smallest absolute Gasteiger partial charge is 0.306 e. The van der Waals surface area contributed by atoms with Crippen molar-refractivity contribution < 1.29 is 19.1 Å². The maximum absolute atomic E-state index is 12.1. The highest BCUT2D eigenvalue weighted by Crippen LogP contribution is 2.20. The molecule has 0 aliphatic rings. The fraction of sp³-hybridized carbons (Fsp3) is 0.838. The molecule has 0 aromatic carbocycles. The molecular formula is C37H70N2O4. The Kier molecular flexibility index (Phi) is 30.5. The van der Waals surface area contributed by atoms with Gasteiger partial charge in [-0.2, -0.15) is 0 Å². The topological polar surface area (TPSA) is 59.1 Å². The van der Waals surface area contributed by atoms with Crippen LogP contribution in [0.4, 0.5) is 0 Å². The van der Waals surface area contributed by atoms with Crippen molar-refractivity contribution in [2.45, 2.75) is 142 Å². The van der Waals surface area contributed by atoms with E-state index in [1.807, 2.05) is 12.2 Å². The third-order valence-corrected chi connectivity index (χ3v) is 7.95. The van der Waals surface area contributed by atoms with Gasteiger partial charge in [0.1, 0.15) is 13.2 Å². The van der Waals surface area contributed by atoms with Crippen molar-refractivity contribution in [2.75, 3.05) is 54.0 Å². The number of carbonyl (C=O) groups excluding carboxylic acids is 2. The minimum atomic E-state index is -0.0763. The molecule has 0 rings (SSSR count). The van der Waals surface area contributed by atoms with Gasteiger partial charge in [0.25, 0.3) is 0 Å². The molecule has 0 spiro atoms. The summed E-state index contributed by atoms with van der Waals surface area (Å²) in [5, 5.41) is 0. The molecule has 0 saturated carbocycles. The Hall–Kier alpha value is -1.66. The van der Waals surface area contributed by atoms with E-state index in [1.54, 1.807) is 0 Å². The van der Waals surface area contributed by atoms with E-state index < -0.39 is 0 Å². The fourth-order valence-electron chi connectivity index (χ4n) is 5.16. The predicted molar refractivity (Wildman–Crippen MR) is 183 cm³/mol. The van der Waals surface area contributed by atoms with Gasteiger partial charge in [-0.15, -0.1) is 0 Å². The lowest BCUT2D eigenvalue weighted by atomic mass is 9.94. The zero-order valence-corrected chi connectivity index (χ0v) is 29.1. The number of unbranched alkanes of at least 4 members (excludes halogenated alkanes) is 12. The first-order chi connectivity index (χ1) is 20.9. The second-order valence-electron chi connectivity index (χ2n) is 12.6. The molecule has 6 heteroatoms. The van der Waals surface area contributed by atoms with Gasteiger partial charge in [-0.05, 0) is 78.4 Å². The molecule has 0 radical (unpaired) electrons. The second kappa shape index (κ2) is 31.8. The number of carbonyl (C=O) groups is 2. The first-order valence-corrected chi connectivity index (χ1v) is 17.8. The fourth-order valence-corrected chi connectivity index (χ4v) is 5.16. The van der Waals surface area contributed by atoms with Gasteiger partial charge < -0.3 is 19.3 Å². The lowest BCUT2D eigenvalue weighted by molar-refractivity contribution is -0.143. The lowest BCUT2D eigenvalue weighted by Gasteiger charge is -2.25. The number of hydrogen-bond donors (Lipinski definition) is 0. The molecule has 0 aliphatic heterocycles. The molecule has 0 saturated heterocycles. The molecule has 252 valence electrons. The quantitative estimate of drug-likeness (QED) is 0.0446. The van der Waals surface area contributed by atoms with Gasteiger partial charge >= 0.3 is 11.9 Å². The van der Waals surface area contributed by atoms with Crippen LogP contribution in [-0.4, -0.2) is 75.7 Å². The highest BCUT2D eigenvalue weighted by molar-refractivity contribution is 5.69. The second-order valence-corrected chi connectivity index (χ2v) is 12.6. The maximum Gasteiger partial charge on any atom is 0.306 e. The summed E-state index contributed by atoms with van der Waals surface area (Å²) in [5.74, 6) is 0.496. The number of allylic oxidation sites excluding steroid dienone is 2. The Labute approximate surface area is 267 Å². The number of ether oxygens (including phenoxy) is 2. The van der Waals surface area contributed by atoms with E-state index in [-0.39, 0.29) is 11.9 Å². The van der Waals surface area contributed by atoms with Crippen LogP contribution in [0.2, 0.25) is 0 Å². The van der Waals surface area contributed by atoms with Crippen LogP contribution in [0.25, 0.3) is 0 Å². The zero-order chi connectivity index (χ0) is 31.8. The molecular weight excluding hydrogens is 536 g/mol. The van der Waals surface area contributed by atoms with Crippen LogP contribution in [0.15, 0.2) is 24.3 Å². The highest BCUT2D eigenvalue weighted by atomic mass is 16.5.